The van der Waals surface area contributed by atoms with Crippen LogP contribution in [-0.2, 0) is 0 Å². The van der Waals surface area contributed by atoms with Crippen molar-refractivity contribution in [3.8, 4) is 0 Å². The molecule has 1 N–H and O–H groups in total. The first-order valence-corrected chi connectivity index (χ1v) is 2.71. The molecule has 0 fully saturated rings. The van der Waals surface area contributed by atoms with E-state index in [1.165, 1.54) is 0 Å². The van der Waals surface area contributed by atoms with Crippen LogP contribution in [0.1, 0.15) is 0 Å². The zero-order valence-corrected chi connectivity index (χ0v) is 5.20. The van der Waals surface area contributed by atoms with Crippen molar-refractivity contribution < 1.29 is 0 Å². The molecule has 2 nitrogen and oxygen atoms in total. The minimum absolute atomic E-state index is 0.809. The minimum atomic E-state index is 0.809. The largest absolute Gasteiger partial charge is 0.362 e. The molecule has 1 heterocycles. The third kappa shape index (κ3) is 1.31. The van der Waals surface area contributed by atoms with Gasteiger partial charge in [0.15, 0.2) is 6.34 Å². The molecule has 1 rings (SSSR count). The lowest BCUT2D eigenvalue weighted by molar-refractivity contribution is 1.03. The van der Waals surface area contributed by atoms with E-state index in [-0.39, 0.29) is 0 Å². The van der Waals surface area contributed by atoms with Crippen LogP contribution in [0.2, 0.25) is 0 Å². The maximum Gasteiger partial charge on any atom is 0.169 e. The highest BCUT2D eigenvalue weighted by molar-refractivity contribution is 9.11. The van der Waals surface area contributed by atoms with Gasteiger partial charge in [0.25, 0.3) is 0 Å². The summed E-state index contributed by atoms with van der Waals surface area (Å²) in [5.74, 6) is 0. The maximum atomic E-state index is 3.69. The van der Waals surface area contributed by atoms with Gasteiger partial charge in [0, 0.05) is 17.2 Å². The molecule has 37 valence electrons. The van der Waals surface area contributed by atoms with Gasteiger partial charge in [-0.3, -0.25) is 0 Å². The Morgan fingerprint density at radius 3 is 3.14 bits per heavy atom. The number of nitrogens with one attached hydrogen (secondary N) is 1. The molecule has 7 heavy (non-hydrogen) atoms. The van der Waals surface area contributed by atoms with E-state index in [0.29, 0.717) is 0 Å². The van der Waals surface area contributed by atoms with Crippen molar-refractivity contribution >= 4 is 22.3 Å². The van der Waals surface area contributed by atoms with E-state index in [2.05, 4.69) is 32.6 Å². The van der Waals surface area contributed by atoms with E-state index in [4.69, 9.17) is 0 Å². The molecule has 0 unspecified atom stereocenters. The molecule has 3 heteroatoms. The second-order valence-corrected chi connectivity index (χ2v) is 2.19. The van der Waals surface area contributed by atoms with E-state index >= 15 is 0 Å². The first-order valence-electron chi connectivity index (χ1n) is 1.92. The molecule has 1 aliphatic rings. The average molecular weight is 160 g/mol. The molecule has 0 aromatic rings. The fraction of sp³-hybridized carbons (Fsp3) is 0.250. The number of hydrogen-bond donors (Lipinski definition) is 1. The highest BCUT2D eigenvalue weighted by Gasteiger charge is 1.90. The number of nitrogens with zero attached hydrogens (tertiary/aromatic N) is 1. The first kappa shape index (κ1) is 4.84. The van der Waals surface area contributed by atoms with Gasteiger partial charge < -0.3 is 5.32 Å². The molecule has 0 spiro atoms. The fourth-order valence-corrected chi connectivity index (χ4v) is 0.560. The Morgan fingerprint density at radius 1 is 2.00 bits per heavy atom. The summed E-state index contributed by atoms with van der Waals surface area (Å²) in [6.45, 7) is 0.809. The van der Waals surface area contributed by atoms with Gasteiger partial charge in [-0.25, -0.2) is 4.99 Å². The van der Waals surface area contributed by atoms with Gasteiger partial charge in [0.05, 0.1) is 0 Å². The Hall–Kier alpha value is -0.310. The lowest BCUT2D eigenvalue weighted by atomic mass is 10.6. The van der Waals surface area contributed by atoms with Crippen molar-refractivity contribution in [1.82, 2.24) is 5.32 Å². The molecule has 0 saturated carbocycles. The minimum Gasteiger partial charge on any atom is -0.362 e. The average Bonchev–Trinajstić information content (AvgIpc) is 1.69. The van der Waals surface area contributed by atoms with Crippen molar-refractivity contribution in [3.05, 3.63) is 10.7 Å². The predicted molar refractivity (Wildman–Crippen MR) is 32.4 cm³/mol. The Morgan fingerprint density at radius 2 is 2.86 bits per heavy atom. The van der Waals surface area contributed by atoms with E-state index < -0.39 is 0 Å². The summed E-state index contributed by atoms with van der Waals surface area (Å²) in [5.41, 5.74) is 0. The van der Waals surface area contributed by atoms with Crippen molar-refractivity contribution in [2.75, 3.05) is 6.54 Å². The van der Waals surface area contributed by atoms with Crippen LogP contribution in [0.25, 0.3) is 0 Å². The lowest BCUT2D eigenvalue weighted by Crippen LogP contribution is -2.14. The van der Waals surface area contributed by atoms with Crippen LogP contribution in [0.4, 0.5) is 0 Å². The molecular weight excluding hydrogens is 156 g/mol. The number of aliphatic imine (C=N–C) groups is 1. The van der Waals surface area contributed by atoms with Crippen LogP contribution in [0.3, 0.4) is 0 Å². The Balaban J connectivity index is 2.57. The molecule has 0 bridgehead atoms. The number of halogens is 1. The van der Waals surface area contributed by atoms with Gasteiger partial charge in [-0.05, 0) is 0 Å². The van der Waals surface area contributed by atoms with Crippen molar-refractivity contribution in [2.45, 2.75) is 0 Å². The molecule has 1 radical (unpaired) electrons. The summed E-state index contributed by atoms with van der Waals surface area (Å²) in [6.07, 6.45) is 4.30. The molecule has 0 aromatic heterocycles. The van der Waals surface area contributed by atoms with Gasteiger partial charge >= 0.3 is 0 Å². The SMILES string of the molecule is BrC1=CN=[C]NC1. The summed E-state index contributed by atoms with van der Waals surface area (Å²) in [4.78, 5) is 3.69. The summed E-state index contributed by atoms with van der Waals surface area (Å²) < 4.78 is 1.06. The molecule has 0 aromatic carbocycles. The zero-order chi connectivity index (χ0) is 5.11. The first-order chi connectivity index (χ1) is 3.39. The van der Waals surface area contributed by atoms with Crippen LogP contribution in [0.5, 0.6) is 0 Å². The van der Waals surface area contributed by atoms with Gasteiger partial charge in [0.1, 0.15) is 0 Å². The molecule has 0 amide bonds. The molecule has 0 aliphatic carbocycles. The lowest BCUT2D eigenvalue weighted by Gasteiger charge is -1.98. The standard InChI is InChI=1S/C4H4BrN2/c5-4-1-6-3-7-2-4/h1H,2H2,(H,6,7). The summed E-state index contributed by atoms with van der Waals surface area (Å²) in [5, 5.41) is 2.80. The molecule has 0 saturated heterocycles. The van der Waals surface area contributed by atoms with E-state index in [9.17, 15) is 0 Å². The zero-order valence-electron chi connectivity index (χ0n) is 3.61. The quantitative estimate of drug-likeness (QED) is 0.555. The Labute approximate surface area is 50.5 Å². The van der Waals surface area contributed by atoms with E-state index in [0.717, 1.165) is 11.0 Å². The monoisotopic (exact) mass is 159 g/mol. The second kappa shape index (κ2) is 2.12. The smallest absolute Gasteiger partial charge is 0.169 e. The molecular formula is C4H4BrN2. The number of hydrogen-bond acceptors (Lipinski definition) is 2. The van der Waals surface area contributed by atoms with Crippen LogP contribution in [-0.4, -0.2) is 12.9 Å². The molecule has 1 aliphatic heterocycles. The van der Waals surface area contributed by atoms with Crippen LogP contribution in [0.15, 0.2) is 15.7 Å². The number of rotatable bonds is 0. The van der Waals surface area contributed by atoms with Crippen LogP contribution >= 0.6 is 15.9 Å². The second-order valence-electron chi connectivity index (χ2n) is 1.17. The van der Waals surface area contributed by atoms with Crippen LogP contribution in [0, 0.1) is 0 Å². The summed E-state index contributed by atoms with van der Waals surface area (Å²) in [7, 11) is 0. The van der Waals surface area contributed by atoms with Gasteiger partial charge in [0.2, 0.25) is 0 Å². The third-order valence-corrected chi connectivity index (χ3v) is 1.09. The predicted octanol–water partition coefficient (Wildman–Crippen LogP) is 0.731. The molecule has 0 atom stereocenters. The Kier molecular flexibility index (Phi) is 1.46. The normalized spacial score (nSPS) is 18.1. The van der Waals surface area contributed by atoms with Gasteiger partial charge in [-0.2, -0.15) is 0 Å². The van der Waals surface area contributed by atoms with E-state index in [1.54, 1.807) is 6.20 Å². The fourth-order valence-electron chi connectivity index (χ4n) is 0.318. The summed E-state index contributed by atoms with van der Waals surface area (Å²) in [6, 6.07) is 0. The van der Waals surface area contributed by atoms with Crippen LogP contribution < -0.4 is 5.32 Å². The third-order valence-electron chi connectivity index (χ3n) is 0.606. The van der Waals surface area contributed by atoms with E-state index in [1.807, 2.05) is 0 Å². The van der Waals surface area contributed by atoms with Crippen molar-refractivity contribution in [1.29, 1.82) is 0 Å². The Bertz CT molecular complexity index is 117. The van der Waals surface area contributed by atoms with Crippen molar-refractivity contribution in [2.24, 2.45) is 4.99 Å². The van der Waals surface area contributed by atoms with Gasteiger partial charge in [-0.15, -0.1) is 0 Å². The van der Waals surface area contributed by atoms with Crippen molar-refractivity contribution in [3.63, 3.8) is 0 Å². The maximum absolute atomic E-state index is 3.69. The summed E-state index contributed by atoms with van der Waals surface area (Å²) >= 11 is 3.25. The van der Waals surface area contributed by atoms with Gasteiger partial charge in [-0.1, -0.05) is 15.9 Å². The topological polar surface area (TPSA) is 24.4 Å². The highest BCUT2D eigenvalue weighted by atomic mass is 79.9. The highest BCUT2D eigenvalue weighted by Crippen LogP contribution is 2.03.